The lowest BCUT2D eigenvalue weighted by Gasteiger charge is -2.41. The van der Waals surface area contributed by atoms with Gasteiger partial charge in [-0.3, -0.25) is 9.59 Å². The zero-order valence-corrected chi connectivity index (χ0v) is 34.2. The molecule has 0 spiro atoms. The average Bonchev–Trinajstić information content (AvgIpc) is 3.50. The van der Waals surface area contributed by atoms with Crippen molar-refractivity contribution < 1.29 is 19.5 Å². The Bertz CT molecular complexity index is 2540. The Kier molecular flexibility index (Phi) is 10.2. The molecule has 5 heterocycles. The Morgan fingerprint density at radius 3 is 2.41 bits per heavy atom. The van der Waals surface area contributed by atoms with Crippen LogP contribution in [-0.2, 0) is 4.79 Å². The van der Waals surface area contributed by atoms with E-state index in [-0.39, 0.29) is 23.4 Å². The number of nitrogens with zero attached hydrogens (tertiary/aromatic N) is 3. The summed E-state index contributed by atoms with van der Waals surface area (Å²) in [7, 11) is 0. The topological polar surface area (TPSA) is 109 Å². The minimum Gasteiger partial charge on any atom is -0.478 e. The molecule has 4 aromatic carbocycles. The molecule has 5 aromatic rings. The summed E-state index contributed by atoms with van der Waals surface area (Å²) in [6.45, 7) is 4.30. The normalized spacial score (nSPS) is 19.7. The zero-order valence-electron chi connectivity index (χ0n) is 31.9. The van der Waals surface area contributed by atoms with E-state index in [0.717, 1.165) is 83.2 Å². The van der Waals surface area contributed by atoms with Crippen molar-refractivity contribution in [1.82, 2.24) is 14.8 Å². The Balaban J connectivity index is 1.19. The summed E-state index contributed by atoms with van der Waals surface area (Å²) in [5, 5.41) is 15.6. The van der Waals surface area contributed by atoms with E-state index in [1.54, 1.807) is 18.2 Å². The van der Waals surface area contributed by atoms with Gasteiger partial charge in [0, 0.05) is 69.8 Å². The first-order valence-electron chi connectivity index (χ1n) is 19.9. The number of nitrogens with one attached hydrogen (secondary N) is 2. The van der Waals surface area contributed by atoms with Crippen molar-refractivity contribution in [2.75, 3.05) is 29.9 Å². The van der Waals surface area contributed by atoms with Gasteiger partial charge in [-0.1, -0.05) is 84.2 Å². The number of benzene rings is 4. The van der Waals surface area contributed by atoms with E-state index in [9.17, 15) is 14.7 Å². The van der Waals surface area contributed by atoms with Crippen LogP contribution < -0.4 is 10.2 Å². The summed E-state index contributed by atoms with van der Waals surface area (Å²) in [6.07, 6.45) is 9.12. The molecule has 0 radical (unpaired) electrons. The van der Waals surface area contributed by atoms with Crippen LogP contribution >= 0.6 is 34.8 Å². The standard InChI is InChI=1S/C46H42Cl3N5O4/c1-26-8-7-19-54-43(32-14-13-29(47)24-34(32)49)33-23-30(48)25-36-40(33)41(44(54)39(26)27-9-3-2-4-10-27)42(50-36)45(56)51-35-22-28(46(57)58)12-15-37(35)52-20-16-31(17-21-52)53-18-6-5-11-38(53)55/h2-4,7,9-10,12-15,19,22-26,31,43,50H,5-6,8,11,16-18,20-21H2,1H3,(H,51,56)(H,57,58). The number of carbonyl (C=O) groups is 3. The highest BCUT2D eigenvalue weighted by atomic mass is 35.5. The monoisotopic (exact) mass is 833 g/mol. The fraction of sp³-hybridized carbons (Fsp3) is 0.283. The summed E-state index contributed by atoms with van der Waals surface area (Å²) in [4.78, 5) is 50.0. The molecule has 12 heteroatoms. The van der Waals surface area contributed by atoms with Gasteiger partial charge in [-0.15, -0.1) is 0 Å². The number of fused-ring (bicyclic) bond motifs is 2. The molecule has 0 saturated carbocycles. The highest BCUT2D eigenvalue weighted by Crippen LogP contribution is 2.54. The second-order valence-corrected chi connectivity index (χ2v) is 17.0. The van der Waals surface area contributed by atoms with E-state index in [2.05, 4.69) is 51.4 Å². The average molecular weight is 835 g/mol. The van der Waals surface area contributed by atoms with Crippen LogP contribution in [0, 0.1) is 5.92 Å². The predicted molar refractivity (Wildman–Crippen MR) is 232 cm³/mol. The zero-order chi connectivity index (χ0) is 40.2. The van der Waals surface area contributed by atoms with Crippen molar-refractivity contribution in [1.29, 1.82) is 0 Å². The second-order valence-electron chi connectivity index (χ2n) is 15.7. The minimum absolute atomic E-state index is 0.0607. The van der Waals surface area contributed by atoms with E-state index < -0.39 is 17.9 Å². The Labute approximate surface area is 351 Å². The fourth-order valence-corrected chi connectivity index (χ4v) is 10.2. The molecular formula is C46H42Cl3N5O4. The van der Waals surface area contributed by atoms with Crippen LogP contribution in [0.3, 0.4) is 0 Å². The smallest absolute Gasteiger partial charge is 0.335 e. The molecule has 296 valence electrons. The first-order chi connectivity index (χ1) is 28.1. The van der Waals surface area contributed by atoms with Crippen molar-refractivity contribution in [3.63, 3.8) is 0 Å². The van der Waals surface area contributed by atoms with E-state index in [1.165, 1.54) is 6.07 Å². The number of aromatic nitrogens is 1. The van der Waals surface area contributed by atoms with Crippen LogP contribution in [0.5, 0.6) is 0 Å². The molecule has 1 aromatic heterocycles. The molecule has 58 heavy (non-hydrogen) atoms. The van der Waals surface area contributed by atoms with Crippen LogP contribution in [0.1, 0.15) is 94.6 Å². The van der Waals surface area contributed by atoms with Crippen molar-refractivity contribution in [2.24, 2.45) is 5.92 Å². The summed E-state index contributed by atoms with van der Waals surface area (Å²) in [5.41, 5.74) is 7.58. The Hall–Kier alpha value is -5.22. The van der Waals surface area contributed by atoms with E-state index in [1.807, 2.05) is 47.4 Å². The van der Waals surface area contributed by atoms with Gasteiger partial charge in [0.2, 0.25) is 5.91 Å². The van der Waals surface area contributed by atoms with Crippen molar-refractivity contribution in [2.45, 2.75) is 57.5 Å². The largest absolute Gasteiger partial charge is 0.478 e. The number of amides is 2. The second kappa shape index (κ2) is 15.5. The third kappa shape index (κ3) is 6.83. The van der Waals surface area contributed by atoms with Gasteiger partial charge in [0.1, 0.15) is 5.69 Å². The first kappa shape index (κ1) is 38.3. The van der Waals surface area contributed by atoms with Gasteiger partial charge in [-0.05, 0) is 103 Å². The molecular weight excluding hydrogens is 793 g/mol. The van der Waals surface area contributed by atoms with E-state index >= 15 is 4.79 Å². The van der Waals surface area contributed by atoms with Crippen LogP contribution in [0.25, 0.3) is 22.2 Å². The van der Waals surface area contributed by atoms with Crippen LogP contribution in [0.15, 0.2) is 91.1 Å². The van der Waals surface area contributed by atoms with E-state index in [4.69, 9.17) is 34.8 Å². The summed E-state index contributed by atoms with van der Waals surface area (Å²) >= 11 is 20.3. The summed E-state index contributed by atoms with van der Waals surface area (Å²) in [6, 6.07) is 24.2. The number of halogens is 3. The molecule has 4 aliphatic heterocycles. The number of carboxylic acid groups (broad SMARTS) is 1. The number of rotatable bonds is 7. The minimum atomic E-state index is -1.09. The maximum absolute atomic E-state index is 15.0. The van der Waals surface area contributed by atoms with Gasteiger partial charge in [0.15, 0.2) is 0 Å². The molecule has 3 N–H and O–H groups in total. The van der Waals surface area contributed by atoms with Crippen LogP contribution in [0.4, 0.5) is 11.4 Å². The third-order valence-corrected chi connectivity index (χ3v) is 12.9. The Morgan fingerprint density at radius 1 is 0.879 bits per heavy atom. The number of anilines is 2. The molecule has 9 rings (SSSR count). The van der Waals surface area contributed by atoms with Crippen molar-refractivity contribution >= 4 is 86.1 Å². The van der Waals surface area contributed by atoms with Crippen molar-refractivity contribution in [3.8, 4) is 0 Å². The molecule has 9 nitrogen and oxygen atoms in total. The number of hydrogen-bond acceptors (Lipinski definition) is 5. The lowest BCUT2D eigenvalue weighted by Crippen LogP contribution is -2.49. The molecule has 2 unspecified atom stereocenters. The molecule has 2 atom stereocenters. The SMILES string of the molecule is CC1CC=CN2C(=C1c1ccccc1)c1c(C(=O)Nc3cc(C(=O)O)ccc3N3CCC(N4CCCCC4=O)CC3)[nH]c3cc(Cl)cc(c13)C2c1ccc(Cl)cc1Cl. The number of aromatic amines is 1. The van der Waals surface area contributed by atoms with Crippen LogP contribution in [0.2, 0.25) is 15.1 Å². The Morgan fingerprint density at radius 2 is 1.67 bits per heavy atom. The third-order valence-electron chi connectivity index (χ3n) is 12.1. The van der Waals surface area contributed by atoms with Gasteiger partial charge in [0.25, 0.3) is 5.91 Å². The van der Waals surface area contributed by atoms with Crippen LogP contribution in [-0.4, -0.2) is 63.4 Å². The lowest BCUT2D eigenvalue weighted by molar-refractivity contribution is -0.136. The van der Waals surface area contributed by atoms with Crippen molar-refractivity contribution in [3.05, 3.63) is 140 Å². The number of aromatic carboxylic acids is 1. The van der Waals surface area contributed by atoms with Gasteiger partial charge < -0.3 is 30.1 Å². The summed E-state index contributed by atoms with van der Waals surface area (Å²) in [5.74, 6) is -1.23. The maximum atomic E-state index is 15.0. The number of carbonyl (C=O) groups excluding carboxylic acids is 2. The highest BCUT2D eigenvalue weighted by Gasteiger charge is 2.41. The van der Waals surface area contributed by atoms with E-state index in [0.29, 0.717) is 51.5 Å². The van der Waals surface area contributed by atoms with Gasteiger partial charge >= 0.3 is 5.97 Å². The maximum Gasteiger partial charge on any atom is 0.335 e. The number of allylic oxidation sites excluding steroid dienone is 2. The molecule has 4 aliphatic rings. The number of carboxylic acids is 1. The number of piperidine rings is 2. The van der Waals surface area contributed by atoms with Gasteiger partial charge in [-0.25, -0.2) is 4.79 Å². The predicted octanol–water partition coefficient (Wildman–Crippen LogP) is 10.9. The molecule has 0 aliphatic carbocycles. The molecule has 2 fully saturated rings. The molecule has 2 amide bonds. The number of hydrogen-bond donors (Lipinski definition) is 3. The highest BCUT2D eigenvalue weighted by molar-refractivity contribution is 6.35. The fourth-order valence-electron chi connectivity index (χ4n) is 9.46. The summed E-state index contributed by atoms with van der Waals surface area (Å²) < 4.78 is 0. The molecule has 0 bridgehead atoms. The van der Waals surface area contributed by atoms with Gasteiger partial charge in [-0.2, -0.15) is 0 Å². The lowest BCUT2D eigenvalue weighted by atomic mass is 9.82. The first-order valence-corrected chi connectivity index (χ1v) is 21.0. The van der Waals surface area contributed by atoms with Gasteiger partial charge in [0.05, 0.1) is 28.7 Å². The number of H-pyrrole nitrogens is 1. The number of likely N-dealkylation sites (tertiary alicyclic amines) is 1. The molecule has 2 saturated heterocycles. The quantitative estimate of drug-likeness (QED) is 0.151.